The maximum Gasteiger partial charge on any atom is 0.288 e. The number of hydrogen-bond donors (Lipinski definition) is 0. The molecule has 3 nitrogen and oxygen atoms in total. The van der Waals surface area contributed by atoms with Gasteiger partial charge in [-0.1, -0.05) is 0 Å². The average Bonchev–Trinajstić information content (AvgIpc) is 2.04. The number of carbonyl (C=O) groups excluding carboxylic acids is 2. The van der Waals surface area contributed by atoms with E-state index in [1.165, 1.54) is 12.1 Å². The van der Waals surface area contributed by atoms with E-state index in [2.05, 4.69) is 4.99 Å². The van der Waals surface area contributed by atoms with Crippen molar-refractivity contribution >= 4 is 34.6 Å². The number of benzene rings is 1. The van der Waals surface area contributed by atoms with Gasteiger partial charge in [0.1, 0.15) is 5.82 Å². The fourth-order valence-electron chi connectivity index (χ4n) is 0.765. The zero-order chi connectivity index (χ0) is 9.84. The molecule has 0 aromatic heterocycles. The van der Waals surface area contributed by atoms with E-state index >= 15 is 0 Å². The molecule has 0 atom stereocenters. The lowest BCUT2D eigenvalue weighted by atomic mass is 10.2. The summed E-state index contributed by atoms with van der Waals surface area (Å²) >= 11 is 1.79. The van der Waals surface area contributed by atoms with Crippen molar-refractivity contribution in [1.82, 2.24) is 0 Å². The average molecular weight is 291 g/mol. The number of carbonyl (C=O) groups is 1. The molecule has 1 rings (SSSR count). The predicted molar refractivity (Wildman–Crippen MR) is 51.6 cm³/mol. The number of isocyanates is 1. The molecular formula is C8H3FINO2. The Kier molecular flexibility index (Phi) is 3.27. The van der Waals surface area contributed by atoms with E-state index < -0.39 is 11.7 Å². The van der Waals surface area contributed by atoms with Crippen LogP contribution in [0.2, 0.25) is 0 Å². The van der Waals surface area contributed by atoms with E-state index in [1.807, 2.05) is 0 Å². The molecule has 0 N–H and O–H groups in total. The molecule has 1 aromatic carbocycles. The van der Waals surface area contributed by atoms with Gasteiger partial charge in [-0.2, -0.15) is 0 Å². The van der Waals surface area contributed by atoms with Gasteiger partial charge in [0, 0.05) is 3.57 Å². The van der Waals surface area contributed by atoms with E-state index in [-0.39, 0.29) is 5.56 Å². The van der Waals surface area contributed by atoms with Crippen LogP contribution >= 0.6 is 22.6 Å². The second kappa shape index (κ2) is 4.25. The third-order valence-electron chi connectivity index (χ3n) is 1.31. The fourth-order valence-corrected chi connectivity index (χ4v) is 1.47. The molecule has 0 aliphatic rings. The standard InChI is InChI=1S/C8H3FINO2/c9-5-1-2-6(7(10)3-5)8(13)11-4-12/h1-3H. The molecule has 5 heteroatoms. The largest absolute Gasteiger partial charge is 0.288 e. The Labute approximate surface area is 86.8 Å². The van der Waals surface area contributed by atoms with E-state index in [1.54, 1.807) is 22.6 Å². The number of aliphatic imine (C=N–C) groups is 1. The van der Waals surface area contributed by atoms with E-state index in [9.17, 15) is 14.0 Å². The molecular weight excluding hydrogens is 288 g/mol. The van der Waals surface area contributed by atoms with Gasteiger partial charge in [-0.3, -0.25) is 4.79 Å². The first-order chi connectivity index (χ1) is 6.15. The first-order valence-corrected chi connectivity index (χ1v) is 4.30. The van der Waals surface area contributed by atoms with Crippen LogP contribution in [0.25, 0.3) is 0 Å². The number of amides is 1. The normalized spacial score (nSPS) is 9.08. The highest BCUT2D eigenvalue weighted by Crippen LogP contribution is 2.14. The molecule has 1 aromatic rings. The molecule has 0 radical (unpaired) electrons. The second-order valence-corrected chi connectivity index (χ2v) is 3.29. The lowest BCUT2D eigenvalue weighted by Crippen LogP contribution is -1.98. The van der Waals surface area contributed by atoms with Crippen molar-refractivity contribution in [2.45, 2.75) is 0 Å². The van der Waals surface area contributed by atoms with Crippen LogP contribution in [0.15, 0.2) is 23.2 Å². The van der Waals surface area contributed by atoms with Crippen molar-refractivity contribution in [2.75, 3.05) is 0 Å². The maximum absolute atomic E-state index is 12.6. The summed E-state index contributed by atoms with van der Waals surface area (Å²) in [4.78, 5) is 23.7. The summed E-state index contributed by atoms with van der Waals surface area (Å²) in [5.74, 6) is -1.14. The highest BCUT2D eigenvalue weighted by Gasteiger charge is 2.08. The number of hydrogen-bond acceptors (Lipinski definition) is 2. The first kappa shape index (κ1) is 10.0. The molecule has 0 aliphatic heterocycles. The maximum atomic E-state index is 12.6. The van der Waals surface area contributed by atoms with Gasteiger partial charge in [0.2, 0.25) is 6.08 Å². The van der Waals surface area contributed by atoms with Gasteiger partial charge in [0.15, 0.2) is 0 Å². The third-order valence-corrected chi connectivity index (χ3v) is 2.20. The summed E-state index contributed by atoms with van der Waals surface area (Å²) in [5.41, 5.74) is 0.199. The SMILES string of the molecule is O=C=NC(=O)c1ccc(F)cc1I. The molecule has 0 saturated carbocycles. The van der Waals surface area contributed by atoms with Crippen molar-refractivity contribution < 1.29 is 14.0 Å². The summed E-state index contributed by atoms with van der Waals surface area (Å²) < 4.78 is 13.0. The van der Waals surface area contributed by atoms with Crippen LogP contribution in [0.4, 0.5) is 4.39 Å². The van der Waals surface area contributed by atoms with Crippen molar-refractivity contribution in [3.63, 3.8) is 0 Å². The third kappa shape index (κ3) is 2.43. The van der Waals surface area contributed by atoms with Crippen molar-refractivity contribution in [3.8, 4) is 0 Å². The van der Waals surface area contributed by atoms with E-state index in [0.717, 1.165) is 12.1 Å². The van der Waals surface area contributed by atoms with E-state index in [4.69, 9.17) is 0 Å². The zero-order valence-electron chi connectivity index (χ0n) is 6.25. The van der Waals surface area contributed by atoms with E-state index in [0.29, 0.717) is 3.57 Å². The molecule has 66 valence electrons. The molecule has 1 amide bonds. The smallest absolute Gasteiger partial charge is 0.266 e. The van der Waals surface area contributed by atoms with Crippen LogP contribution in [0.3, 0.4) is 0 Å². The van der Waals surface area contributed by atoms with Gasteiger partial charge in [-0.05, 0) is 40.8 Å². The molecule has 13 heavy (non-hydrogen) atoms. The molecule has 0 heterocycles. The van der Waals surface area contributed by atoms with Crippen molar-refractivity contribution in [2.24, 2.45) is 4.99 Å². The number of nitrogens with zero attached hydrogens (tertiary/aromatic N) is 1. The Morgan fingerprint density at radius 2 is 2.23 bits per heavy atom. The highest BCUT2D eigenvalue weighted by molar-refractivity contribution is 14.1. The monoisotopic (exact) mass is 291 g/mol. The minimum atomic E-state index is -0.709. The minimum absolute atomic E-state index is 0.199. The van der Waals surface area contributed by atoms with Gasteiger partial charge >= 0.3 is 0 Å². The second-order valence-electron chi connectivity index (χ2n) is 2.13. The minimum Gasteiger partial charge on any atom is -0.266 e. The summed E-state index contributed by atoms with van der Waals surface area (Å²) in [7, 11) is 0. The van der Waals surface area contributed by atoms with Gasteiger partial charge < -0.3 is 0 Å². The Bertz CT molecular complexity index is 399. The Hall–Kier alpha value is -1.07. The summed E-state index contributed by atoms with van der Waals surface area (Å²) in [6.45, 7) is 0. The van der Waals surface area contributed by atoms with Crippen LogP contribution in [-0.2, 0) is 4.79 Å². The highest BCUT2D eigenvalue weighted by atomic mass is 127. The van der Waals surface area contributed by atoms with Crippen LogP contribution in [0, 0.1) is 9.39 Å². The topological polar surface area (TPSA) is 46.5 Å². The fraction of sp³-hybridized carbons (Fsp3) is 0. The molecule has 0 fully saturated rings. The van der Waals surface area contributed by atoms with Crippen LogP contribution in [0.1, 0.15) is 10.4 Å². The quantitative estimate of drug-likeness (QED) is 0.451. The Balaban J connectivity index is 3.16. The Morgan fingerprint density at radius 1 is 1.54 bits per heavy atom. The van der Waals surface area contributed by atoms with Gasteiger partial charge in [0.25, 0.3) is 5.91 Å². The summed E-state index contributed by atoms with van der Waals surface area (Å²) in [5, 5.41) is 0. The van der Waals surface area contributed by atoms with Gasteiger partial charge in [-0.25, -0.2) is 9.18 Å². The molecule has 0 aliphatic carbocycles. The van der Waals surface area contributed by atoms with Gasteiger partial charge in [-0.15, -0.1) is 4.99 Å². The predicted octanol–water partition coefficient (Wildman–Crippen LogP) is 1.91. The summed E-state index contributed by atoms with van der Waals surface area (Å²) in [6, 6.07) is 3.60. The van der Waals surface area contributed by atoms with Crippen LogP contribution < -0.4 is 0 Å². The van der Waals surface area contributed by atoms with Crippen molar-refractivity contribution in [3.05, 3.63) is 33.1 Å². The lowest BCUT2D eigenvalue weighted by Gasteiger charge is -1.97. The number of halogens is 2. The van der Waals surface area contributed by atoms with Gasteiger partial charge in [0.05, 0.1) is 5.56 Å². The number of rotatable bonds is 1. The van der Waals surface area contributed by atoms with Crippen LogP contribution in [0.5, 0.6) is 0 Å². The molecule has 0 unspecified atom stereocenters. The summed E-state index contributed by atoms with van der Waals surface area (Å²) in [6.07, 6.45) is 1.14. The van der Waals surface area contributed by atoms with Crippen molar-refractivity contribution in [1.29, 1.82) is 0 Å². The first-order valence-electron chi connectivity index (χ1n) is 3.22. The van der Waals surface area contributed by atoms with Crippen LogP contribution in [-0.4, -0.2) is 12.0 Å². The molecule has 0 bridgehead atoms. The lowest BCUT2D eigenvalue weighted by molar-refractivity contribution is 0.100. The zero-order valence-corrected chi connectivity index (χ0v) is 8.41. The molecule has 0 spiro atoms. The molecule has 0 saturated heterocycles. The Morgan fingerprint density at radius 3 is 2.77 bits per heavy atom.